The fraction of sp³-hybridized carbons (Fsp3) is 0.800. The number of alkyl halides is 1. The van der Waals surface area contributed by atoms with Gasteiger partial charge in [-0.2, -0.15) is 0 Å². The van der Waals surface area contributed by atoms with Crippen molar-refractivity contribution in [3.05, 3.63) is 0 Å². The minimum Gasteiger partial charge on any atom is -0.461 e. The van der Waals surface area contributed by atoms with Crippen LogP contribution in [0.3, 0.4) is 0 Å². The third-order valence-corrected chi connectivity index (χ3v) is 2.53. The fourth-order valence-corrected chi connectivity index (χ4v) is 0.342. The van der Waals surface area contributed by atoms with Crippen LogP contribution in [0, 0.1) is 0 Å². The molecule has 0 heterocycles. The van der Waals surface area contributed by atoms with E-state index in [1.807, 2.05) is 13.8 Å². The zero-order valence-electron chi connectivity index (χ0n) is 4.98. The van der Waals surface area contributed by atoms with E-state index in [-0.39, 0.29) is 5.60 Å². The van der Waals surface area contributed by atoms with Crippen LogP contribution in [0.1, 0.15) is 13.8 Å². The van der Waals surface area contributed by atoms with Crippen LogP contribution in [0.15, 0.2) is 0 Å². The Morgan fingerprint density at radius 2 is 2.25 bits per heavy atom. The Kier molecular flexibility index (Phi) is 3.35. The van der Waals surface area contributed by atoms with Crippen LogP contribution in [0.5, 0.6) is 0 Å². The van der Waals surface area contributed by atoms with E-state index in [9.17, 15) is 4.79 Å². The molecule has 2 nitrogen and oxygen atoms in total. The Morgan fingerprint density at radius 1 is 1.75 bits per heavy atom. The third kappa shape index (κ3) is 3.23. The molecular weight excluding hydrogens is 219 g/mol. The summed E-state index contributed by atoms with van der Waals surface area (Å²) in [5.74, 6) is 0. The molecule has 0 aliphatic rings. The first-order chi connectivity index (χ1) is 3.62. The lowest BCUT2D eigenvalue weighted by Gasteiger charge is -2.18. The summed E-state index contributed by atoms with van der Waals surface area (Å²) in [4.78, 5) is 9.75. The molecule has 0 aliphatic heterocycles. The van der Waals surface area contributed by atoms with Gasteiger partial charge in [-0.25, -0.2) is 0 Å². The van der Waals surface area contributed by atoms with Crippen LogP contribution < -0.4 is 0 Å². The van der Waals surface area contributed by atoms with Crippen LogP contribution in [-0.4, -0.2) is 16.5 Å². The van der Waals surface area contributed by atoms with Gasteiger partial charge in [-0.15, -0.1) is 0 Å². The van der Waals surface area contributed by atoms with Gasteiger partial charge >= 0.3 is 0 Å². The molecule has 0 atom stereocenters. The number of halogens is 1. The topological polar surface area (TPSA) is 26.3 Å². The lowest BCUT2D eigenvalue weighted by Crippen LogP contribution is -2.25. The van der Waals surface area contributed by atoms with Crippen molar-refractivity contribution in [1.29, 1.82) is 0 Å². The summed E-state index contributed by atoms with van der Waals surface area (Å²) in [6, 6.07) is 0. The highest BCUT2D eigenvalue weighted by molar-refractivity contribution is 14.1. The van der Waals surface area contributed by atoms with E-state index >= 15 is 0 Å². The van der Waals surface area contributed by atoms with Gasteiger partial charge in [-0.1, -0.05) is 22.6 Å². The molecule has 0 spiro atoms. The van der Waals surface area contributed by atoms with Crippen LogP contribution in [0.2, 0.25) is 0 Å². The van der Waals surface area contributed by atoms with E-state index in [4.69, 9.17) is 4.74 Å². The lowest BCUT2D eigenvalue weighted by molar-refractivity contribution is -0.138. The van der Waals surface area contributed by atoms with Gasteiger partial charge in [0.15, 0.2) is 0 Å². The summed E-state index contributed by atoms with van der Waals surface area (Å²) in [6.45, 7) is 4.22. The summed E-state index contributed by atoms with van der Waals surface area (Å²) in [7, 11) is 0. The van der Waals surface area contributed by atoms with Crippen molar-refractivity contribution in [1.82, 2.24) is 0 Å². The first kappa shape index (κ1) is 8.20. The van der Waals surface area contributed by atoms with E-state index in [1.54, 1.807) is 0 Å². The van der Waals surface area contributed by atoms with Gasteiger partial charge in [0.1, 0.15) is 5.60 Å². The summed E-state index contributed by atoms with van der Waals surface area (Å²) in [5.41, 5.74) is -0.289. The quantitative estimate of drug-likeness (QED) is 0.414. The van der Waals surface area contributed by atoms with Crippen molar-refractivity contribution in [3.8, 4) is 0 Å². The highest BCUT2D eigenvalue weighted by Gasteiger charge is 2.15. The van der Waals surface area contributed by atoms with E-state index in [0.717, 1.165) is 4.43 Å². The van der Waals surface area contributed by atoms with E-state index in [2.05, 4.69) is 22.6 Å². The number of carbonyl (C=O) groups excluding carboxylic acids is 1. The average molecular weight is 228 g/mol. The molecule has 0 fully saturated rings. The Hall–Kier alpha value is 0.200. The lowest BCUT2D eigenvalue weighted by atomic mass is 10.2. The van der Waals surface area contributed by atoms with Crippen LogP contribution in [-0.2, 0) is 9.53 Å². The van der Waals surface area contributed by atoms with Crippen molar-refractivity contribution in [2.75, 3.05) is 4.43 Å². The minimum absolute atomic E-state index is 0.289. The summed E-state index contributed by atoms with van der Waals surface area (Å²) < 4.78 is 5.51. The summed E-state index contributed by atoms with van der Waals surface area (Å²) >= 11 is 2.17. The predicted molar refractivity (Wildman–Crippen MR) is 40.1 cm³/mol. The smallest absolute Gasteiger partial charge is 0.293 e. The van der Waals surface area contributed by atoms with Crippen LogP contribution in [0.4, 0.5) is 0 Å². The van der Waals surface area contributed by atoms with Gasteiger partial charge in [0, 0.05) is 4.43 Å². The second-order valence-electron chi connectivity index (χ2n) is 2.11. The van der Waals surface area contributed by atoms with Gasteiger partial charge < -0.3 is 4.74 Å². The van der Waals surface area contributed by atoms with E-state index in [0.29, 0.717) is 6.47 Å². The maximum absolute atomic E-state index is 9.75. The summed E-state index contributed by atoms with van der Waals surface area (Å²) in [6.07, 6.45) is 0. The highest BCUT2D eigenvalue weighted by Crippen LogP contribution is 2.10. The Balaban J connectivity index is 3.53. The molecule has 0 rings (SSSR count). The molecule has 3 heteroatoms. The average Bonchev–Trinajstić information content (AvgIpc) is 1.67. The number of rotatable bonds is 3. The molecule has 0 radical (unpaired) electrons. The van der Waals surface area contributed by atoms with Crippen molar-refractivity contribution in [2.45, 2.75) is 19.4 Å². The molecule has 0 amide bonds. The molecule has 0 bridgehead atoms. The maximum atomic E-state index is 9.75. The molecule has 0 N–H and O–H groups in total. The van der Waals surface area contributed by atoms with Gasteiger partial charge in [-0.05, 0) is 13.8 Å². The maximum Gasteiger partial charge on any atom is 0.293 e. The molecular formula is C5H9IO2. The zero-order valence-corrected chi connectivity index (χ0v) is 7.14. The second kappa shape index (κ2) is 3.27. The normalized spacial score (nSPS) is 10.9. The molecule has 0 saturated heterocycles. The van der Waals surface area contributed by atoms with Crippen molar-refractivity contribution in [3.63, 3.8) is 0 Å². The third-order valence-electron chi connectivity index (χ3n) is 0.689. The fourth-order valence-electron chi connectivity index (χ4n) is 0.162. The van der Waals surface area contributed by atoms with Gasteiger partial charge in [0.05, 0.1) is 0 Å². The Bertz CT molecular complexity index is 80.5. The minimum atomic E-state index is -0.289. The van der Waals surface area contributed by atoms with Crippen molar-refractivity contribution < 1.29 is 9.53 Å². The SMILES string of the molecule is CC(C)(CI)OC=O. The Labute approximate surface area is 62.7 Å². The molecule has 0 aliphatic carbocycles. The standard InChI is InChI=1S/C5H9IO2/c1-5(2,3-6)8-4-7/h4H,3H2,1-2H3. The molecule has 0 aromatic carbocycles. The molecule has 48 valence electrons. The number of hydrogen-bond acceptors (Lipinski definition) is 2. The van der Waals surface area contributed by atoms with Crippen LogP contribution in [0.25, 0.3) is 0 Å². The molecule has 0 aromatic heterocycles. The number of hydrogen-bond donors (Lipinski definition) is 0. The van der Waals surface area contributed by atoms with Gasteiger partial charge in [0.25, 0.3) is 6.47 Å². The first-order valence-corrected chi connectivity index (χ1v) is 3.82. The van der Waals surface area contributed by atoms with Crippen molar-refractivity contribution >= 4 is 29.1 Å². The molecule has 8 heavy (non-hydrogen) atoms. The largest absolute Gasteiger partial charge is 0.461 e. The monoisotopic (exact) mass is 228 g/mol. The molecule has 0 aromatic rings. The summed E-state index contributed by atoms with van der Waals surface area (Å²) in [5, 5.41) is 0. The Morgan fingerprint density at radius 3 is 2.38 bits per heavy atom. The van der Waals surface area contributed by atoms with E-state index < -0.39 is 0 Å². The van der Waals surface area contributed by atoms with Crippen LogP contribution >= 0.6 is 22.6 Å². The van der Waals surface area contributed by atoms with Gasteiger partial charge in [0.2, 0.25) is 0 Å². The van der Waals surface area contributed by atoms with Gasteiger partial charge in [-0.3, -0.25) is 4.79 Å². The first-order valence-electron chi connectivity index (χ1n) is 2.30. The predicted octanol–water partition coefficient (Wildman–Crippen LogP) is 1.37. The highest BCUT2D eigenvalue weighted by atomic mass is 127. The number of ether oxygens (including phenoxy) is 1. The second-order valence-corrected chi connectivity index (χ2v) is 2.87. The van der Waals surface area contributed by atoms with E-state index in [1.165, 1.54) is 0 Å². The molecule has 0 unspecified atom stereocenters. The molecule has 0 saturated carbocycles. The van der Waals surface area contributed by atoms with Crippen molar-refractivity contribution in [2.24, 2.45) is 0 Å². The number of carbonyl (C=O) groups is 1. The zero-order chi connectivity index (χ0) is 6.62.